The van der Waals surface area contributed by atoms with Crippen LogP contribution in [0, 0.1) is 47.3 Å². The van der Waals surface area contributed by atoms with Gasteiger partial charge < -0.3 is 62.7 Å². The zero-order valence-corrected chi connectivity index (χ0v) is 37.8. The third kappa shape index (κ3) is 7.62. The summed E-state index contributed by atoms with van der Waals surface area (Å²) in [4.78, 5) is 12.2. The Morgan fingerprint density at radius 1 is 0.672 bits per heavy atom. The van der Waals surface area contributed by atoms with Crippen LogP contribution in [0.3, 0.4) is 0 Å². The van der Waals surface area contributed by atoms with E-state index in [4.69, 9.17) is 47.4 Å². The van der Waals surface area contributed by atoms with Crippen molar-refractivity contribution in [2.24, 2.45) is 47.3 Å². The highest BCUT2D eigenvalue weighted by Crippen LogP contribution is 2.55. The Morgan fingerprint density at radius 2 is 1.28 bits per heavy atom. The largest absolute Gasteiger partial charge is 0.481 e. The molecule has 23 atom stereocenters. The quantitative estimate of drug-likeness (QED) is 0.249. The van der Waals surface area contributed by atoms with Gasteiger partial charge in [0.25, 0.3) is 0 Å². The van der Waals surface area contributed by atoms with Gasteiger partial charge in [0.1, 0.15) is 12.0 Å². The Balaban J connectivity index is 1.19. The van der Waals surface area contributed by atoms with Crippen LogP contribution in [0.5, 0.6) is 0 Å². The number of ether oxygens (including phenoxy) is 10. The first-order chi connectivity index (χ1) is 27.0. The summed E-state index contributed by atoms with van der Waals surface area (Å²) in [7, 11) is 6.70. The topological polar surface area (TPSA) is 170 Å². The molecule has 14 heteroatoms. The number of aliphatic hydroxyl groups is 2. The van der Waals surface area contributed by atoms with Crippen molar-refractivity contribution in [1.82, 2.24) is 0 Å². The SMILES string of the molecule is CO[C@@H]1[C@@H](C)[C@](O)([C@H](C)C(=O)O)OC([C@H](C)[C@H]2O[C@@]3(CC[C@@](C)(C4CC[C@@](C)([C@@H]5OC([C@H]6O[C@](C)(O)[C@H](C)[C@@H](OC)[C@@H]6C)[C@H](OC)[C@@H]5C)O4)O3)C[C@H](OC)[C@H]2C)[C@@H]1C. The minimum Gasteiger partial charge on any atom is -0.481 e. The first kappa shape index (κ1) is 46.5. The number of methoxy groups -OCH3 is 4. The molecule has 6 fully saturated rings. The van der Waals surface area contributed by atoms with Crippen LogP contribution in [-0.2, 0) is 52.2 Å². The van der Waals surface area contributed by atoms with Crippen LogP contribution in [-0.4, -0.2) is 139 Å². The molecule has 0 aromatic carbocycles. The number of carboxylic acids is 1. The summed E-state index contributed by atoms with van der Waals surface area (Å²) in [6, 6.07) is 0. The normalized spacial score (nSPS) is 54.8. The fourth-order valence-corrected chi connectivity index (χ4v) is 12.5. The molecule has 58 heavy (non-hydrogen) atoms. The second kappa shape index (κ2) is 16.6. The molecule has 0 bridgehead atoms. The molecule has 6 saturated heterocycles. The maximum atomic E-state index is 12.2. The van der Waals surface area contributed by atoms with Crippen LogP contribution in [0.4, 0.5) is 0 Å². The van der Waals surface area contributed by atoms with Gasteiger partial charge in [-0.3, -0.25) is 4.79 Å². The molecule has 0 amide bonds. The van der Waals surface area contributed by atoms with Crippen molar-refractivity contribution in [2.75, 3.05) is 28.4 Å². The molecular formula is C44H76O14. The van der Waals surface area contributed by atoms with Crippen molar-refractivity contribution in [2.45, 2.75) is 198 Å². The van der Waals surface area contributed by atoms with Crippen molar-refractivity contribution in [3.63, 3.8) is 0 Å². The lowest BCUT2D eigenvalue weighted by Crippen LogP contribution is -2.65. The smallest absolute Gasteiger partial charge is 0.311 e. The summed E-state index contributed by atoms with van der Waals surface area (Å²) in [6.45, 7) is 21.6. The zero-order valence-electron chi connectivity index (χ0n) is 37.8. The van der Waals surface area contributed by atoms with Gasteiger partial charge in [0, 0.05) is 82.7 Å². The van der Waals surface area contributed by atoms with E-state index >= 15 is 0 Å². The second-order valence-electron chi connectivity index (χ2n) is 19.9. The van der Waals surface area contributed by atoms with Gasteiger partial charge in [-0.15, -0.1) is 0 Å². The Labute approximate surface area is 346 Å². The van der Waals surface area contributed by atoms with Gasteiger partial charge in [-0.05, 0) is 47.0 Å². The fraction of sp³-hybridized carbons (Fsp3) is 0.977. The molecule has 14 nitrogen and oxygen atoms in total. The predicted molar refractivity (Wildman–Crippen MR) is 212 cm³/mol. The number of aliphatic carboxylic acids is 1. The van der Waals surface area contributed by atoms with E-state index < -0.39 is 76.9 Å². The first-order valence-electron chi connectivity index (χ1n) is 21.8. The van der Waals surface area contributed by atoms with Crippen molar-refractivity contribution < 1.29 is 67.5 Å². The zero-order chi connectivity index (χ0) is 43.1. The highest BCUT2D eigenvalue weighted by molar-refractivity contribution is 5.70. The number of carboxylic acid groups (broad SMARTS) is 1. The van der Waals surface area contributed by atoms with E-state index in [9.17, 15) is 20.1 Å². The molecule has 3 N–H and O–H groups in total. The van der Waals surface area contributed by atoms with Crippen LogP contribution in [0.1, 0.15) is 108 Å². The van der Waals surface area contributed by atoms with E-state index in [0.29, 0.717) is 19.3 Å². The summed E-state index contributed by atoms with van der Waals surface area (Å²) in [6.07, 6.45) is -0.175. The third-order valence-corrected chi connectivity index (χ3v) is 16.3. The van der Waals surface area contributed by atoms with Gasteiger partial charge in [0.2, 0.25) is 0 Å². The number of hydrogen-bond donors (Lipinski definition) is 3. The number of rotatable bonds is 11. The first-order valence-corrected chi connectivity index (χ1v) is 21.8. The lowest BCUT2D eigenvalue weighted by atomic mass is 9.71. The molecule has 0 aliphatic carbocycles. The molecule has 6 aliphatic rings. The Bertz CT molecular complexity index is 1450. The van der Waals surface area contributed by atoms with Gasteiger partial charge in [0.05, 0.1) is 66.1 Å². The van der Waals surface area contributed by atoms with E-state index in [2.05, 4.69) is 34.6 Å². The van der Waals surface area contributed by atoms with Crippen LogP contribution < -0.4 is 0 Å². The lowest BCUT2D eigenvalue weighted by Gasteiger charge is -2.55. The molecule has 1 spiro atoms. The van der Waals surface area contributed by atoms with Crippen molar-refractivity contribution in [3.8, 4) is 0 Å². The van der Waals surface area contributed by atoms with Crippen LogP contribution in [0.25, 0.3) is 0 Å². The van der Waals surface area contributed by atoms with Gasteiger partial charge in [0.15, 0.2) is 17.4 Å². The summed E-state index contributed by atoms with van der Waals surface area (Å²) in [5, 5.41) is 33.1. The molecular weight excluding hydrogens is 752 g/mol. The molecule has 6 heterocycles. The molecule has 0 radical (unpaired) electrons. The van der Waals surface area contributed by atoms with E-state index in [1.54, 1.807) is 42.3 Å². The average Bonchev–Trinajstić information content (AvgIpc) is 3.85. The Kier molecular flexibility index (Phi) is 13.3. The van der Waals surface area contributed by atoms with Crippen LogP contribution in [0.2, 0.25) is 0 Å². The second-order valence-corrected chi connectivity index (χ2v) is 19.9. The molecule has 0 saturated carbocycles. The number of carbonyl (C=O) groups is 1. The van der Waals surface area contributed by atoms with Crippen molar-refractivity contribution >= 4 is 5.97 Å². The van der Waals surface area contributed by atoms with E-state index in [1.807, 2.05) is 20.8 Å². The van der Waals surface area contributed by atoms with Gasteiger partial charge in [-0.1, -0.05) is 48.5 Å². The summed E-state index contributed by atoms with van der Waals surface area (Å²) in [5.74, 6) is -8.04. The molecule has 0 aromatic rings. The number of hydrogen-bond acceptors (Lipinski definition) is 13. The Morgan fingerprint density at radius 3 is 1.86 bits per heavy atom. The monoisotopic (exact) mass is 829 g/mol. The molecule has 6 rings (SSSR count). The van der Waals surface area contributed by atoms with Gasteiger partial charge >= 0.3 is 5.97 Å². The molecule has 6 aliphatic heterocycles. The standard InChI is InChI=1S/C44H76O14/c1-21-29(49-12)20-43(56-31(21)22(2)32-23(3)34(51-14)27(7)44(48,57-32)28(8)39(45)46)19-18-40(9,58-43)30-16-17-41(10,54-30)38-25(5)35(52-15)37(53-38)36-24(4)33(50-13)26(6)42(11,47)55-36/h21-38,47-48H,16-20H2,1-15H3,(H,45,46)/t21-,22-,23+,24+,25+,26-,27-,28-,29+,30?,31+,32?,33+,34+,35-,36+,37?,38-,40+,41+,42+,43-,44-/m1/s1. The molecule has 3 unspecified atom stereocenters. The lowest BCUT2D eigenvalue weighted by molar-refractivity contribution is -0.366. The third-order valence-electron chi connectivity index (χ3n) is 16.3. The highest BCUT2D eigenvalue weighted by atomic mass is 16.7. The van der Waals surface area contributed by atoms with Crippen LogP contribution >= 0.6 is 0 Å². The van der Waals surface area contributed by atoms with E-state index in [0.717, 1.165) is 12.8 Å². The summed E-state index contributed by atoms with van der Waals surface area (Å²) in [5.41, 5.74) is -1.32. The average molecular weight is 829 g/mol. The maximum absolute atomic E-state index is 12.2. The van der Waals surface area contributed by atoms with Gasteiger partial charge in [-0.25, -0.2) is 0 Å². The van der Waals surface area contributed by atoms with Crippen molar-refractivity contribution in [3.05, 3.63) is 0 Å². The minimum atomic E-state index is -1.95. The predicted octanol–water partition coefficient (Wildman–Crippen LogP) is 5.17. The maximum Gasteiger partial charge on any atom is 0.311 e. The summed E-state index contributed by atoms with van der Waals surface area (Å²) >= 11 is 0. The highest BCUT2D eigenvalue weighted by Gasteiger charge is 2.64. The van der Waals surface area contributed by atoms with Gasteiger partial charge in [-0.2, -0.15) is 0 Å². The summed E-state index contributed by atoms with van der Waals surface area (Å²) < 4.78 is 65.4. The Hall–Kier alpha value is -1.01. The van der Waals surface area contributed by atoms with Crippen LogP contribution in [0.15, 0.2) is 0 Å². The minimum absolute atomic E-state index is 0.0300. The van der Waals surface area contributed by atoms with E-state index in [-0.39, 0.29) is 66.0 Å². The van der Waals surface area contributed by atoms with E-state index in [1.165, 1.54) is 6.92 Å². The van der Waals surface area contributed by atoms with Crippen molar-refractivity contribution in [1.29, 1.82) is 0 Å². The molecule has 0 aromatic heterocycles. The fourth-order valence-electron chi connectivity index (χ4n) is 12.5. The molecule has 336 valence electrons.